The maximum Gasteiger partial charge on any atom is 0.344 e. The predicted octanol–water partition coefficient (Wildman–Crippen LogP) is 1.98. The molecule has 0 unspecified atom stereocenters. The molecule has 1 amide bonds. The monoisotopic (exact) mass is 373 g/mol. The number of ether oxygens (including phenoxy) is 2. The minimum Gasteiger partial charge on any atom is -0.482 e. The summed E-state index contributed by atoms with van der Waals surface area (Å²) in [6, 6.07) is 5.16. The van der Waals surface area contributed by atoms with Gasteiger partial charge in [0, 0.05) is 23.6 Å². The Bertz CT molecular complexity index is 915. The molecule has 2 aromatic rings. The SMILES string of the molecule is CC(C)CNC(=O)COC(=O)COc1ccc2c3c(c(=O)oc2c1)CCC3. The van der Waals surface area contributed by atoms with Crippen LogP contribution in [-0.4, -0.2) is 31.6 Å². The quantitative estimate of drug-likeness (QED) is 0.589. The van der Waals surface area contributed by atoms with Crippen LogP contribution < -0.4 is 15.7 Å². The molecular formula is C20H23NO6. The average Bonchev–Trinajstić information content (AvgIpc) is 3.13. The lowest BCUT2D eigenvalue weighted by atomic mass is 10.1. The molecule has 27 heavy (non-hydrogen) atoms. The summed E-state index contributed by atoms with van der Waals surface area (Å²) in [7, 11) is 0. The van der Waals surface area contributed by atoms with E-state index in [-0.39, 0.29) is 24.7 Å². The number of esters is 1. The van der Waals surface area contributed by atoms with Gasteiger partial charge in [0.1, 0.15) is 11.3 Å². The van der Waals surface area contributed by atoms with Crippen molar-refractivity contribution in [2.45, 2.75) is 33.1 Å². The van der Waals surface area contributed by atoms with Gasteiger partial charge in [-0.25, -0.2) is 9.59 Å². The number of aryl methyl sites for hydroxylation is 1. The Balaban J connectivity index is 1.56. The van der Waals surface area contributed by atoms with Crippen LogP contribution in [0.4, 0.5) is 0 Å². The van der Waals surface area contributed by atoms with Gasteiger partial charge >= 0.3 is 11.6 Å². The Hall–Kier alpha value is -2.83. The van der Waals surface area contributed by atoms with E-state index in [9.17, 15) is 14.4 Å². The molecule has 1 N–H and O–H groups in total. The molecule has 1 aromatic heterocycles. The lowest BCUT2D eigenvalue weighted by Gasteiger charge is -2.10. The van der Waals surface area contributed by atoms with Gasteiger partial charge in [-0.2, -0.15) is 0 Å². The van der Waals surface area contributed by atoms with Gasteiger partial charge in [0.25, 0.3) is 5.91 Å². The first-order valence-corrected chi connectivity index (χ1v) is 9.07. The van der Waals surface area contributed by atoms with Crippen LogP contribution in [0.25, 0.3) is 11.0 Å². The highest BCUT2D eigenvalue weighted by Gasteiger charge is 2.19. The third kappa shape index (κ3) is 4.67. The van der Waals surface area contributed by atoms with Crippen molar-refractivity contribution in [1.29, 1.82) is 0 Å². The van der Waals surface area contributed by atoms with Gasteiger partial charge in [-0.1, -0.05) is 13.8 Å². The second-order valence-electron chi connectivity index (χ2n) is 7.01. The molecule has 0 spiro atoms. The summed E-state index contributed by atoms with van der Waals surface area (Å²) in [6.45, 7) is 3.80. The van der Waals surface area contributed by atoms with Crippen LogP contribution in [0.2, 0.25) is 0 Å². The van der Waals surface area contributed by atoms with Gasteiger partial charge < -0.3 is 19.2 Å². The highest BCUT2D eigenvalue weighted by Crippen LogP contribution is 2.29. The van der Waals surface area contributed by atoms with E-state index in [2.05, 4.69) is 5.32 Å². The van der Waals surface area contributed by atoms with E-state index >= 15 is 0 Å². The van der Waals surface area contributed by atoms with Crippen molar-refractivity contribution in [1.82, 2.24) is 5.32 Å². The number of hydrogen-bond acceptors (Lipinski definition) is 6. The van der Waals surface area contributed by atoms with Crippen molar-refractivity contribution in [3.8, 4) is 5.75 Å². The van der Waals surface area contributed by atoms with Crippen molar-refractivity contribution < 1.29 is 23.5 Å². The van der Waals surface area contributed by atoms with Gasteiger partial charge in [0.2, 0.25) is 0 Å². The van der Waals surface area contributed by atoms with Crippen LogP contribution in [-0.2, 0) is 27.2 Å². The van der Waals surface area contributed by atoms with Crippen molar-refractivity contribution in [3.05, 3.63) is 39.7 Å². The van der Waals surface area contributed by atoms with Gasteiger partial charge in [0.15, 0.2) is 13.2 Å². The first kappa shape index (κ1) is 18.9. The molecule has 0 bridgehead atoms. The number of benzene rings is 1. The molecule has 7 heteroatoms. The van der Waals surface area contributed by atoms with Gasteiger partial charge in [-0.15, -0.1) is 0 Å². The fourth-order valence-corrected chi connectivity index (χ4v) is 3.05. The minimum absolute atomic E-state index is 0.307. The van der Waals surface area contributed by atoms with E-state index in [4.69, 9.17) is 13.9 Å². The molecule has 0 saturated carbocycles. The molecule has 1 heterocycles. The summed E-state index contributed by atoms with van der Waals surface area (Å²) in [5.74, 6) is -0.282. The number of fused-ring (bicyclic) bond motifs is 3. The molecule has 1 aromatic carbocycles. The van der Waals surface area contributed by atoms with Crippen molar-refractivity contribution in [3.63, 3.8) is 0 Å². The molecule has 0 aliphatic heterocycles. The second-order valence-corrected chi connectivity index (χ2v) is 7.01. The number of rotatable bonds is 7. The zero-order chi connectivity index (χ0) is 19.4. The minimum atomic E-state index is -0.648. The molecule has 0 atom stereocenters. The summed E-state index contributed by atoms with van der Waals surface area (Å²) in [5, 5.41) is 3.56. The lowest BCUT2D eigenvalue weighted by molar-refractivity contribution is -0.150. The van der Waals surface area contributed by atoms with Crippen LogP contribution in [0.1, 0.15) is 31.4 Å². The van der Waals surface area contributed by atoms with Crippen LogP contribution in [0.15, 0.2) is 27.4 Å². The summed E-state index contributed by atoms with van der Waals surface area (Å²) < 4.78 is 15.6. The van der Waals surface area contributed by atoms with E-state index in [0.29, 0.717) is 23.8 Å². The molecule has 0 radical (unpaired) electrons. The van der Waals surface area contributed by atoms with Crippen LogP contribution >= 0.6 is 0 Å². The molecular weight excluding hydrogens is 350 g/mol. The smallest absolute Gasteiger partial charge is 0.344 e. The first-order valence-electron chi connectivity index (χ1n) is 9.07. The number of amides is 1. The van der Waals surface area contributed by atoms with E-state index < -0.39 is 5.97 Å². The standard InChI is InChI=1S/C20H23NO6/c1-12(2)9-21-18(22)10-26-19(23)11-25-13-6-7-15-14-4-3-5-16(14)20(24)27-17(15)8-13/h6-8,12H,3-5,9-11H2,1-2H3,(H,21,22). The Kier molecular flexibility index (Phi) is 5.78. The summed E-state index contributed by atoms with van der Waals surface area (Å²) in [6.07, 6.45) is 2.57. The second kappa shape index (κ2) is 8.24. The average molecular weight is 373 g/mol. The van der Waals surface area contributed by atoms with Crippen LogP contribution in [0.3, 0.4) is 0 Å². The van der Waals surface area contributed by atoms with Gasteiger partial charge in [0.05, 0.1) is 0 Å². The Morgan fingerprint density at radius 2 is 1.96 bits per heavy atom. The highest BCUT2D eigenvalue weighted by atomic mass is 16.6. The summed E-state index contributed by atoms with van der Waals surface area (Å²) in [5.41, 5.74) is 1.94. The van der Waals surface area contributed by atoms with E-state index in [1.54, 1.807) is 12.1 Å². The van der Waals surface area contributed by atoms with Gasteiger partial charge in [-0.3, -0.25) is 4.79 Å². The summed E-state index contributed by atoms with van der Waals surface area (Å²) >= 11 is 0. The molecule has 1 aliphatic carbocycles. The zero-order valence-corrected chi connectivity index (χ0v) is 15.5. The predicted molar refractivity (Wildman–Crippen MR) is 98.8 cm³/mol. The fourth-order valence-electron chi connectivity index (χ4n) is 3.05. The molecule has 1 aliphatic rings. The third-order valence-corrected chi connectivity index (χ3v) is 4.37. The van der Waals surface area contributed by atoms with Crippen molar-refractivity contribution >= 4 is 22.8 Å². The maximum atomic E-state index is 12.0. The van der Waals surface area contributed by atoms with Crippen molar-refractivity contribution in [2.75, 3.05) is 19.8 Å². The Labute approximate surface area is 156 Å². The summed E-state index contributed by atoms with van der Waals surface area (Å²) in [4.78, 5) is 35.3. The molecule has 144 valence electrons. The normalized spacial score (nSPS) is 12.9. The van der Waals surface area contributed by atoms with Crippen LogP contribution in [0.5, 0.6) is 5.75 Å². The molecule has 3 rings (SSSR count). The first-order chi connectivity index (χ1) is 12.9. The lowest BCUT2D eigenvalue weighted by Crippen LogP contribution is -2.32. The third-order valence-electron chi connectivity index (χ3n) is 4.37. The fraction of sp³-hybridized carbons (Fsp3) is 0.450. The van der Waals surface area contributed by atoms with Gasteiger partial charge in [-0.05, 0) is 42.9 Å². The van der Waals surface area contributed by atoms with Crippen LogP contribution in [0, 0.1) is 5.92 Å². The number of nitrogens with one attached hydrogen (secondary N) is 1. The Morgan fingerprint density at radius 3 is 2.74 bits per heavy atom. The van der Waals surface area contributed by atoms with E-state index in [1.807, 2.05) is 19.9 Å². The van der Waals surface area contributed by atoms with Crippen molar-refractivity contribution in [2.24, 2.45) is 5.92 Å². The zero-order valence-electron chi connectivity index (χ0n) is 15.5. The highest BCUT2D eigenvalue weighted by molar-refractivity contribution is 5.83. The largest absolute Gasteiger partial charge is 0.482 e. The Morgan fingerprint density at radius 1 is 1.19 bits per heavy atom. The molecule has 0 fully saturated rings. The maximum absolute atomic E-state index is 12.0. The van der Waals surface area contributed by atoms with E-state index in [1.165, 1.54) is 0 Å². The molecule has 0 saturated heterocycles. The topological polar surface area (TPSA) is 94.8 Å². The number of carbonyl (C=O) groups excluding carboxylic acids is 2. The molecule has 7 nitrogen and oxygen atoms in total. The number of hydrogen-bond donors (Lipinski definition) is 1. The number of carbonyl (C=O) groups is 2. The van der Waals surface area contributed by atoms with E-state index in [0.717, 1.165) is 35.8 Å².